The minimum atomic E-state index is 0.795. The van der Waals surface area contributed by atoms with Crippen LogP contribution in [0.15, 0.2) is 11.6 Å². The van der Waals surface area contributed by atoms with Crippen molar-refractivity contribution in [1.29, 1.82) is 0 Å². The molecule has 64 valence electrons. The lowest BCUT2D eigenvalue weighted by Crippen LogP contribution is -2.06. The van der Waals surface area contributed by atoms with Crippen LogP contribution in [-0.2, 0) is 4.74 Å². The van der Waals surface area contributed by atoms with Crippen molar-refractivity contribution in [1.82, 2.24) is 0 Å². The summed E-state index contributed by atoms with van der Waals surface area (Å²) < 4.78 is 5.05. The quantitative estimate of drug-likeness (QED) is 0.568. The topological polar surface area (TPSA) is 9.23 Å². The first-order chi connectivity index (χ1) is 5.33. The van der Waals surface area contributed by atoms with Gasteiger partial charge < -0.3 is 4.74 Å². The van der Waals surface area contributed by atoms with Crippen molar-refractivity contribution in [2.75, 3.05) is 13.7 Å². The average molecular weight is 154 g/mol. The molecule has 0 saturated heterocycles. The first-order valence-corrected chi connectivity index (χ1v) is 4.49. The molecule has 1 aliphatic carbocycles. The molecule has 0 aliphatic heterocycles. The number of methoxy groups -OCH3 is 1. The molecule has 1 nitrogen and oxygen atoms in total. The summed E-state index contributed by atoms with van der Waals surface area (Å²) in [6, 6.07) is 0. The van der Waals surface area contributed by atoms with E-state index in [0.29, 0.717) is 0 Å². The Hall–Kier alpha value is -0.300. The lowest BCUT2D eigenvalue weighted by Gasteiger charge is -2.18. The maximum absolute atomic E-state index is 5.05. The maximum Gasteiger partial charge on any atom is 0.0467 e. The molecule has 1 atom stereocenters. The van der Waals surface area contributed by atoms with Crippen molar-refractivity contribution in [3.05, 3.63) is 11.6 Å². The molecule has 0 amide bonds. The predicted octanol–water partition coefficient (Wildman–Crippen LogP) is 2.77. The smallest absolute Gasteiger partial charge is 0.0467 e. The number of hydrogen-bond donors (Lipinski definition) is 0. The molecule has 0 aromatic heterocycles. The minimum absolute atomic E-state index is 0.795. The Balaban J connectivity index is 2.28. The second-order valence-corrected chi connectivity index (χ2v) is 3.45. The fraction of sp³-hybridized carbons (Fsp3) is 0.800. The van der Waals surface area contributed by atoms with Gasteiger partial charge in [0.2, 0.25) is 0 Å². The van der Waals surface area contributed by atoms with E-state index < -0.39 is 0 Å². The van der Waals surface area contributed by atoms with Gasteiger partial charge in [-0.2, -0.15) is 0 Å². The van der Waals surface area contributed by atoms with Gasteiger partial charge >= 0.3 is 0 Å². The van der Waals surface area contributed by atoms with Crippen LogP contribution in [0.3, 0.4) is 0 Å². The van der Waals surface area contributed by atoms with Gasteiger partial charge in [0.15, 0.2) is 0 Å². The maximum atomic E-state index is 5.05. The molecule has 0 saturated carbocycles. The van der Waals surface area contributed by atoms with Gasteiger partial charge in [-0.05, 0) is 38.5 Å². The zero-order valence-corrected chi connectivity index (χ0v) is 7.60. The van der Waals surface area contributed by atoms with Crippen LogP contribution in [0.2, 0.25) is 0 Å². The van der Waals surface area contributed by atoms with Gasteiger partial charge in [0.05, 0.1) is 0 Å². The standard InChI is InChI=1S/C10H18O/c1-9-4-3-5-10(8-9)6-7-11-2/h8,10H,3-7H2,1-2H3. The summed E-state index contributed by atoms with van der Waals surface area (Å²) in [5, 5.41) is 0. The summed E-state index contributed by atoms with van der Waals surface area (Å²) in [6.07, 6.45) is 7.66. The van der Waals surface area contributed by atoms with Crippen LogP contribution in [-0.4, -0.2) is 13.7 Å². The van der Waals surface area contributed by atoms with E-state index in [1.807, 2.05) is 0 Å². The molecule has 0 bridgehead atoms. The van der Waals surface area contributed by atoms with Gasteiger partial charge in [0.1, 0.15) is 0 Å². The highest BCUT2D eigenvalue weighted by molar-refractivity contribution is 5.04. The van der Waals surface area contributed by atoms with E-state index in [2.05, 4.69) is 13.0 Å². The van der Waals surface area contributed by atoms with Crippen LogP contribution >= 0.6 is 0 Å². The van der Waals surface area contributed by atoms with Crippen molar-refractivity contribution in [3.8, 4) is 0 Å². The number of ether oxygens (including phenoxy) is 1. The second kappa shape index (κ2) is 4.55. The Bertz CT molecular complexity index is 138. The number of rotatable bonds is 3. The lowest BCUT2D eigenvalue weighted by molar-refractivity contribution is 0.181. The van der Waals surface area contributed by atoms with E-state index >= 15 is 0 Å². The summed E-state index contributed by atoms with van der Waals surface area (Å²) in [5.41, 5.74) is 1.57. The van der Waals surface area contributed by atoms with E-state index in [0.717, 1.165) is 12.5 Å². The minimum Gasteiger partial charge on any atom is -0.385 e. The van der Waals surface area contributed by atoms with E-state index in [1.165, 1.54) is 25.7 Å². The molecule has 0 N–H and O–H groups in total. The van der Waals surface area contributed by atoms with Gasteiger partial charge in [-0.1, -0.05) is 11.6 Å². The van der Waals surface area contributed by atoms with Crippen LogP contribution in [0, 0.1) is 5.92 Å². The lowest BCUT2D eigenvalue weighted by atomic mass is 9.89. The Morgan fingerprint density at radius 3 is 3.09 bits per heavy atom. The van der Waals surface area contributed by atoms with Crippen LogP contribution in [0.4, 0.5) is 0 Å². The first-order valence-electron chi connectivity index (χ1n) is 4.49. The molecular formula is C10H18O. The highest BCUT2D eigenvalue weighted by Crippen LogP contribution is 2.24. The highest BCUT2D eigenvalue weighted by Gasteiger charge is 2.10. The van der Waals surface area contributed by atoms with Gasteiger partial charge in [-0.3, -0.25) is 0 Å². The van der Waals surface area contributed by atoms with Crippen molar-refractivity contribution < 1.29 is 4.74 Å². The van der Waals surface area contributed by atoms with E-state index in [1.54, 1.807) is 12.7 Å². The van der Waals surface area contributed by atoms with Crippen LogP contribution in [0.1, 0.15) is 32.6 Å². The summed E-state index contributed by atoms with van der Waals surface area (Å²) in [5.74, 6) is 0.795. The fourth-order valence-electron chi connectivity index (χ4n) is 1.71. The van der Waals surface area contributed by atoms with Crippen molar-refractivity contribution in [2.45, 2.75) is 32.6 Å². The molecule has 0 heterocycles. The Labute approximate surface area is 69.4 Å². The fourth-order valence-corrected chi connectivity index (χ4v) is 1.71. The van der Waals surface area contributed by atoms with Crippen molar-refractivity contribution in [3.63, 3.8) is 0 Å². The number of hydrogen-bond acceptors (Lipinski definition) is 1. The Morgan fingerprint density at radius 2 is 2.45 bits per heavy atom. The molecule has 0 aromatic rings. The average Bonchev–Trinajstić information content (AvgIpc) is 2.01. The van der Waals surface area contributed by atoms with E-state index in [4.69, 9.17) is 4.74 Å². The third-order valence-corrected chi connectivity index (χ3v) is 2.36. The zero-order chi connectivity index (χ0) is 8.10. The summed E-state index contributed by atoms with van der Waals surface area (Å²) >= 11 is 0. The first kappa shape index (κ1) is 8.79. The monoisotopic (exact) mass is 154 g/mol. The van der Waals surface area contributed by atoms with E-state index in [9.17, 15) is 0 Å². The van der Waals surface area contributed by atoms with Crippen LogP contribution in [0.25, 0.3) is 0 Å². The molecule has 0 fully saturated rings. The molecule has 11 heavy (non-hydrogen) atoms. The predicted molar refractivity (Wildman–Crippen MR) is 47.6 cm³/mol. The van der Waals surface area contributed by atoms with Crippen molar-refractivity contribution in [2.24, 2.45) is 5.92 Å². The molecule has 1 heteroatoms. The summed E-state index contributed by atoms with van der Waals surface area (Å²) in [7, 11) is 1.78. The zero-order valence-electron chi connectivity index (χ0n) is 7.60. The third-order valence-electron chi connectivity index (χ3n) is 2.36. The van der Waals surface area contributed by atoms with Gasteiger partial charge in [-0.25, -0.2) is 0 Å². The van der Waals surface area contributed by atoms with Crippen LogP contribution < -0.4 is 0 Å². The molecular weight excluding hydrogens is 136 g/mol. The van der Waals surface area contributed by atoms with Crippen LogP contribution in [0.5, 0.6) is 0 Å². The molecule has 0 spiro atoms. The molecule has 1 unspecified atom stereocenters. The Kier molecular flexibility index (Phi) is 3.64. The SMILES string of the molecule is COCCC1C=C(C)CCC1. The summed E-state index contributed by atoms with van der Waals surface area (Å²) in [6.45, 7) is 3.15. The van der Waals surface area contributed by atoms with Crippen molar-refractivity contribution >= 4 is 0 Å². The molecule has 1 aliphatic rings. The Morgan fingerprint density at radius 1 is 1.64 bits per heavy atom. The number of allylic oxidation sites excluding steroid dienone is 2. The van der Waals surface area contributed by atoms with Gasteiger partial charge in [0.25, 0.3) is 0 Å². The second-order valence-electron chi connectivity index (χ2n) is 3.45. The molecule has 0 aromatic carbocycles. The highest BCUT2D eigenvalue weighted by atomic mass is 16.5. The van der Waals surface area contributed by atoms with E-state index in [-0.39, 0.29) is 0 Å². The molecule has 1 rings (SSSR count). The summed E-state index contributed by atoms with van der Waals surface area (Å²) in [4.78, 5) is 0. The van der Waals surface area contributed by atoms with Gasteiger partial charge in [0, 0.05) is 13.7 Å². The largest absolute Gasteiger partial charge is 0.385 e. The third kappa shape index (κ3) is 3.06. The normalized spacial score (nSPS) is 24.9. The van der Waals surface area contributed by atoms with Gasteiger partial charge in [-0.15, -0.1) is 0 Å². The molecule has 0 radical (unpaired) electrons.